The fourth-order valence-corrected chi connectivity index (χ4v) is 2.25. The predicted octanol–water partition coefficient (Wildman–Crippen LogP) is 2.00. The van der Waals surface area contributed by atoms with E-state index >= 15 is 0 Å². The smallest absolute Gasteiger partial charge is 0.328 e. The maximum Gasteiger partial charge on any atom is 0.328 e. The van der Waals surface area contributed by atoms with Crippen LogP contribution >= 0.6 is 0 Å². The van der Waals surface area contributed by atoms with Crippen LogP contribution in [-0.4, -0.2) is 37.7 Å². The third-order valence-corrected chi connectivity index (χ3v) is 3.30. The summed E-state index contributed by atoms with van der Waals surface area (Å²) in [6.07, 6.45) is -0.0474. The van der Waals surface area contributed by atoms with Gasteiger partial charge in [-0.25, -0.2) is 0 Å². The molecule has 1 aromatic carbocycles. The first-order chi connectivity index (χ1) is 11.0. The van der Waals surface area contributed by atoms with Crippen molar-refractivity contribution in [2.24, 2.45) is 0 Å². The summed E-state index contributed by atoms with van der Waals surface area (Å²) in [6, 6.07) is 8.52. The number of carbonyl (C=O) groups is 3. The number of hydrogen-bond acceptors (Lipinski definition) is 6. The van der Waals surface area contributed by atoms with Crippen LogP contribution in [0.2, 0.25) is 0 Å². The lowest BCUT2D eigenvalue weighted by molar-refractivity contribution is -0.167. The van der Waals surface area contributed by atoms with E-state index in [1.54, 1.807) is 44.2 Å². The molecule has 0 aliphatic heterocycles. The molecule has 6 heteroatoms. The van der Waals surface area contributed by atoms with Crippen molar-refractivity contribution in [2.75, 3.05) is 19.8 Å². The summed E-state index contributed by atoms with van der Waals surface area (Å²) in [6.45, 7) is 4.73. The summed E-state index contributed by atoms with van der Waals surface area (Å²) in [4.78, 5) is 36.2. The summed E-state index contributed by atoms with van der Waals surface area (Å²) < 4.78 is 15.1. The maximum absolute atomic E-state index is 12.6. The molecular weight excluding hydrogens is 300 g/mol. The molecule has 6 nitrogen and oxygen atoms in total. The van der Waals surface area contributed by atoms with Gasteiger partial charge in [-0.2, -0.15) is 0 Å². The molecule has 1 aromatic rings. The molecular formula is C17H22O6. The molecule has 1 rings (SSSR count). The van der Waals surface area contributed by atoms with Gasteiger partial charge in [0.2, 0.25) is 0 Å². The van der Waals surface area contributed by atoms with E-state index in [-0.39, 0.29) is 26.2 Å². The Hall–Kier alpha value is -2.37. The summed E-state index contributed by atoms with van der Waals surface area (Å²) in [5, 5.41) is 0. The average molecular weight is 322 g/mol. The first-order valence-corrected chi connectivity index (χ1v) is 7.52. The Bertz CT molecular complexity index is 519. The Morgan fingerprint density at radius 1 is 0.913 bits per heavy atom. The van der Waals surface area contributed by atoms with Crippen molar-refractivity contribution >= 4 is 17.9 Å². The van der Waals surface area contributed by atoms with Gasteiger partial charge in [0.05, 0.1) is 19.8 Å². The average Bonchev–Trinajstić information content (AvgIpc) is 2.52. The minimum absolute atomic E-state index is 0.0474. The molecule has 126 valence electrons. The number of carbonyl (C=O) groups excluding carboxylic acids is 3. The second-order valence-corrected chi connectivity index (χ2v) is 4.80. The molecule has 0 bridgehead atoms. The van der Waals surface area contributed by atoms with Crippen LogP contribution in [0, 0.1) is 0 Å². The van der Waals surface area contributed by atoms with E-state index in [4.69, 9.17) is 14.2 Å². The summed E-state index contributed by atoms with van der Waals surface area (Å²) in [5.41, 5.74) is -1.20. The summed E-state index contributed by atoms with van der Waals surface area (Å²) in [5.74, 6) is -1.91. The predicted molar refractivity (Wildman–Crippen MR) is 82.6 cm³/mol. The van der Waals surface area contributed by atoms with E-state index < -0.39 is 23.3 Å². The third kappa shape index (κ3) is 4.55. The van der Waals surface area contributed by atoms with Crippen LogP contribution in [0.1, 0.15) is 32.8 Å². The maximum atomic E-state index is 12.6. The van der Waals surface area contributed by atoms with E-state index in [1.807, 2.05) is 0 Å². The zero-order chi connectivity index (χ0) is 17.3. The van der Waals surface area contributed by atoms with E-state index in [0.717, 1.165) is 0 Å². The minimum Gasteiger partial charge on any atom is -0.466 e. The summed E-state index contributed by atoms with van der Waals surface area (Å²) in [7, 11) is 0. The highest BCUT2D eigenvalue weighted by atomic mass is 16.6. The van der Waals surface area contributed by atoms with E-state index in [0.29, 0.717) is 5.56 Å². The van der Waals surface area contributed by atoms with Gasteiger partial charge in [-0.1, -0.05) is 30.3 Å². The topological polar surface area (TPSA) is 78.9 Å². The molecule has 0 amide bonds. The van der Waals surface area contributed by atoms with E-state index in [9.17, 15) is 14.4 Å². The Morgan fingerprint density at radius 3 is 1.87 bits per heavy atom. The van der Waals surface area contributed by atoms with Crippen molar-refractivity contribution in [3.8, 4) is 0 Å². The van der Waals surface area contributed by atoms with Crippen LogP contribution in [0.5, 0.6) is 0 Å². The molecule has 0 radical (unpaired) electrons. The van der Waals surface area contributed by atoms with Gasteiger partial charge in [-0.05, 0) is 19.4 Å². The van der Waals surface area contributed by atoms with E-state index in [2.05, 4.69) is 0 Å². The molecule has 0 saturated heterocycles. The molecule has 0 heterocycles. The van der Waals surface area contributed by atoms with Gasteiger partial charge < -0.3 is 14.2 Å². The van der Waals surface area contributed by atoms with Crippen LogP contribution in [-0.2, 0) is 34.0 Å². The number of ether oxygens (including phenoxy) is 3. The molecule has 0 aliphatic carbocycles. The zero-order valence-electron chi connectivity index (χ0n) is 13.7. The fraction of sp³-hybridized carbons (Fsp3) is 0.471. The second kappa shape index (κ2) is 8.92. The Balaban J connectivity index is 3.29. The molecule has 0 fully saturated rings. The van der Waals surface area contributed by atoms with Crippen LogP contribution in [0.3, 0.4) is 0 Å². The first-order valence-electron chi connectivity index (χ1n) is 7.52. The lowest BCUT2D eigenvalue weighted by Gasteiger charge is -2.29. The number of hydrogen-bond donors (Lipinski definition) is 0. The van der Waals surface area contributed by atoms with Crippen molar-refractivity contribution in [3.63, 3.8) is 0 Å². The molecule has 0 N–H and O–H groups in total. The van der Waals surface area contributed by atoms with Gasteiger partial charge in [0.25, 0.3) is 0 Å². The highest BCUT2D eigenvalue weighted by Crippen LogP contribution is 2.32. The zero-order valence-corrected chi connectivity index (χ0v) is 13.7. The third-order valence-electron chi connectivity index (χ3n) is 3.30. The van der Waals surface area contributed by atoms with Gasteiger partial charge in [0, 0.05) is 13.3 Å². The van der Waals surface area contributed by atoms with Gasteiger partial charge in [-0.15, -0.1) is 0 Å². The Morgan fingerprint density at radius 2 is 1.43 bits per heavy atom. The minimum atomic E-state index is -1.65. The molecule has 0 unspecified atom stereocenters. The van der Waals surface area contributed by atoms with Gasteiger partial charge in [-0.3, -0.25) is 14.4 Å². The molecule has 0 atom stereocenters. The fourth-order valence-electron chi connectivity index (χ4n) is 2.25. The lowest BCUT2D eigenvalue weighted by Crippen LogP contribution is -2.47. The van der Waals surface area contributed by atoms with E-state index in [1.165, 1.54) is 6.92 Å². The SMILES string of the molecule is CCOC(=O)C(CCOC(C)=O)(C(=O)OCC)c1ccccc1. The molecule has 0 spiro atoms. The molecule has 23 heavy (non-hydrogen) atoms. The highest BCUT2D eigenvalue weighted by Gasteiger charge is 2.50. The van der Waals surface area contributed by atoms with Crippen LogP contribution in [0.4, 0.5) is 0 Å². The van der Waals surface area contributed by atoms with Gasteiger partial charge in [0.15, 0.2) is 5.41 Å². The van der Waals surface area contributed by atoms with Crippen molar-refractivity contribution in [1.29, 1.82) is 0 Å². The van der Waals surface area contributed by atoms with Crippen molar-refractivity contribution in [1.82, 2.24) is 0 Å². The standard InChI is InChI=1S/C17H22O6/c1-4-21-15(19)17(16(20)22-5-2,11-12-23-13(3)18)14-9-7-6-8-10-14/h6-10H,4-5,11-12H2,1-3H3. The Labute approximate surface area is 135 Å². The number of rotatable bonds is 8. The lowest BCUT2D eigenvalue weighted by atomic mass is 9.77. The largest absolute Gasteiger partial charge is 0.466 e. The van der Waals surface area contributed by atoms with Crippen molar-refractivity contribution < 1.29 is 28.6 Å². The molecule has 0 aliphatic rings. The number of benzene rings is 1. The van der Waals surface area contributed by atoms with Crippen molar-refractivity contribution in [3.05, 3.63) is 35.9 Å². The van der Waals surface area contributed by atoms with Crippen LogP contribution < -0.4 is 0 Å². The van der Waals surface area contributed by atoms with Crippen LogP contribution in [0.15, 0.2) is 30.3 Å². The second-order valence-electron chi connectivity index (χ2n) is 4.80. The first kappa shape index (κ1) is 18.7. The summed E-state index contributed by atoms with van der Waals surface area (Å²) >= 11 is 0. The monoisotopic (exact) mass is 322 g/mol. The quantitative estimate of drug-likeness (QED) is 0.414. The highest BCUT2D eigenvalue weighted by molar-refractivity contribution is 6.06. The van der Waals surface area contributed by atoms with Gasteiger partial charge >= 0.3 is 17.9 Å². The molecule has 0 aromatic heterocycles. The number of esters is 3. The Kier molecular flexibility index (Phi) is 7.25. The van der Waals surface area contributed by atoms with Crippen LogP contribution in [0.25, 0.3) is 0 Å². The van der Waals surface area contributed by atoms with Crippen molar-refractivity contribution in [2.45, 2.75) is 32.6 Å². The molecule has 0 saturated carbocycles. The van der Waals surface area contributed by atoms with Gasteiger partial charge in [0.1, 0.15) is 0 Å². The normalized spacial score (nSPS) is 10.7.